The Morgan fingerprint density at radius 2 is 2.08 bits per heavy atom. The molecular weight excluding hydrogens is 175 g/mol. The molecule has 0 spiro atoms. The normalized spacial score (nSPS) is 9.69. The van der Waals surface area contributed by atoms with Gasteiger partial charge >= 0.3 is 5.97 Å². The Bertz CT molecular complexity index is 352. The quantitative estimate of drug-likeness (QED) is 0.499. The number of ether oxygens (including phenoxy) is 1. The first kappa shape index (κ1) is 9.31. The number of methoxy groups -OCH3 is 1. The molecule has 0 aliphatic carbocycles. The van der Waals surface area contributed by atoms with E-state index in [4.69, 9.17) is 11.5 Å². The van der Waals surface area contributed by atoms with Crippen LogP contribution in [0.15, 0.2) is 12.1 Å². The second kappa shape index (κ2) is 3.30. The Morgan fingerprint density at radius 3 is 2.62 bits per heavy atom. The summed E-state index contributed by atoms with van der Waals surface area (Å²) in [6.07, 6.45) is 0. The first-order valence-corrected chi connectivity index (χ1v) is 3.49. The number of nitrogen functional groups attached to an aromatic ring is 2. The van der Waals surface area contributed by atoms with E-state index in [2.05, 4.69) is 4.74 Å². The van der Waals surface area contributed by atoms with Gasteiger partial charge in [0.2, 0.25) is 0 Å². The SMILES string of the molecule is COC(=O)c1c(F)ccc(N)c1N. The number of hydrogen-bond donors (Lipinski definition) is 2. The van der Waals surface area contributed by atoms with Gasteiger partial charge in [0.1, 0.15) is 11.4 Å². The van der Waals surface area contributed by atoms with E-state index >= 15 is 0 Å². The van der Waals surface area contributed by atoms with Gasteiger partial charge in [-0.2, -0.15) is 0 Å². The molecule has 4 nitrogen and oxygen atoms in total. The van der Waals surface area contributed by atoms with Gasteiger partial charge in [-0.25, -0.2) is 9.18 Å². The molecule has 0 radical (unpaired) electrons. The van der Waals surface area contributed by atoms with Gasteiger partial charge in [-0.05, 0) is 12.1 Å². The molecule has 13 heavy (non-hydrogen) atoms. The van der Waals surface area contributed by atoms with Crippen LogP contribution in [-0.2, 0) is 4.74 Å². The van der Waals surface area contributed by atoms with Crippen molar-refractivity contribution in [3.63, 3.8) is 0 Å². The highest BCUT2D eigenvalue weighted by molar-refractivity contribution is 5.98. The zero-order valence-corrected chi connectivity index (χ0v) is 7.00. The number of anilines is 2. The Kier molecular flexibility index (Phi) is 2.36. The topological polar surface area (TPSA) is 78.3 Å². The number of benzene rings is 1. The van der Waals surface area contributed by atoms with E-state index in [-0.39, 0.29) is 16.9 Å². The molecular formula is C8H9FN2O2. The summed E-state index contributed by atoms with van der Waals surface area (Å²) in [4.78, 5) is 11.0. The van der Waals surface area contributed by atoms with Gasteiger partial charge in [-0.15, -0.1) is 0 Å². The molecule has 0 fully saturated rings. The maximum Gasteiger partial charge on any atom is 0.343 e. The van der Waals surface area contributed by atoms with Gasteiger partial charge in [0.05, 0.1) is 18.5 Å². The molecule has 4 N–H and O–H groups in total. The number of halogens is 1. The summed E-state index contributed by atoms with van der Waals surface area (Å²) in [6.45, 7) is 0. The lowest BCUT2D eigenvalue weighted by Crippen LogP contribution is -2.10. The van der Waals surface area contributed by atoms with E-state index in [1.807, 2.05) is 0 Å². The van der Waals surface area contributed by atoms with Gasteiger partial charge in [-0.3, -0.25) is 0 Å². The smallest absolute Gasteiger partial charge is 0.343 e. The standard InChI is InChI=1S/C8H9FN2O2/c1-13-8(12)6-4(9)2-3-5(10)7(6)11/h2-3H,10-11H2,1H3. The summed E-state index contributed by atoms with van der Waals surface area (Å²) in [5.41, 5.74) is 10.5. The molecule has 70 valence electrons. The molecule has 0 saturated heterocycles. The van der Waals surface area contributed by atoms with E-state index in [0.717, 1.165) is 13.2 Å². The van der Waals surface area contributed by atoms with Crippen LogP contribution in [-0.4, -0.2) is 13.1 Å². The average molecular weight is 184 g/mol. The lowest BCUT2D eigenvalue weighted by Gasteiger charge is -2.06. The number of nitrogens with two attached hydrogens (primary N) is 2. The molecule has 0 amide bonds. The molecule has 0 atom stereocenters. The summed E-state index contributed by atoms with van der Waals surface area (Å²) < 4.78 is 17.4. The van der Waals surface area contributed by atoms with E-state index < -0.39 is 11.8 Å². The van der Waals surface area contributed by atoms with E-state index in [0.29, 0.717) is 0 Å². The second-order valence-electron chi connectivity index (χ2n) is 2.42. The third kappa shape index (κ3) is 1.53. The van der Waals surface area contributed by atoms with Crippen LogP contribution in [0, 0.1) is 5.82 Å². The number of carbonyl (C=O) groups is 1. The van der Waals surface area contributed by atoms with Crippen LogP contribution in [0.2, 0.25) is 0 Å². The Hall–Kier alpha value is -1.78. The summed E-state index contributed by atoms with van der Waals surface area (Å²) in [6, 6.07) is 2.36. The van der Waals surface area contributed by atoms with Crippen LogP contribution < -0.4 is 11.5 Å². The lowest BCUT2D eigenvalue weighted by molar-refractivity contribution is 0.0597. The number of rotatable bonds is 1. The third-order valence-corrected chi connectivity index (χ3v) is 1.62. The van der Waals surface area contributed by atoms with Gasteiger partial charge < -0.3 is 16.2 Å². The highest BCUT2D eigenvalue weighted by Crippen LogP contribution is 2.23. The zero-order chi connectivity index (χ0) is 10.0. The first-order valence-electron chi connectivity index (χ1n) is 3.49. The molecule has 0 bridgehead atoms. The van der Waals surface area contributed by atoms with Crippen LogP contribution in [0.4, 0.5) is 15.8 Å². The minimum atomic E-state index is -0.831. The van der Waals surface area contributed by atoms with Crippen molar-refractivity contribution in [3.8, 4) is 0 Å². The maximum absolute atomic E-state index is 13.0. The molecule has 0 aliphatic rings. The van der Waals surface area contributed by atoms with Crippen molar-refractivity contribution < 1.29 is 13.9 Å². The molecule has 1 aromatic rings. The highest BCUT2D eigenvalue weighted by Gasteiger charge is 2.17. The number of carbonyl (C=O) groups excluding carboxylic acids is 1. The molecule has 0 aromatic heterocycles. The molecule has 0 unspecified atom stereocenters. The van der Waals surface area contributed by atoms with Crippen molar-refractivity contribution in [2.75, 3.05) is 18.6 Å². The van der Waals surface area contributed by atoms with Crippen LogP contribution in [0.3, 0.4) is 0 Å². The summed E-state index contributed by atoms with van der Waals surface area (Å²) in [5, 5.41) is 0. The van der Waals surface area contributed by atoms with Crippen molar-refractivity contribution in [2.24, 2.45) is 0 Å². The average Bonchev–Trinajstić information content (AvgIpc) is 2.12. The van der Waals surface area contributed by atoms with Crippen molar-refractivity contribution in [1.29, 1.82) is 0 Å². The summed E-state index contributed by atoms with van der Waals surface area (Å²) >= 11 is 0. The molecule has 5 heteroatoms. The summed E-state index contributed by atoms with van der Waals surface area (Å²) in [7, 11) is 1.14. The van der Waals surface area contributed by atoms with Gasteiger partial charge in [0, 0.05) is 0 Å². The van der Waals surface area contributed by atoms with Crippen molar-refractivity contribution >= 4 is 17.3 Å². The van der Waals surface area contributed by atoms with E-state index in [1.165, 1.54) is 6.07 Å². The number of hydrogen-bond acceptors (Lipinski definition) is 4. The van der Waals surface area contributed by atoms with Gasteiger partial charge in [0.25, 0.3) is 0 Å². The maximum atomic E-state index is 13.0. The Labute approximate surface area is 74.3 Å². The van der Waals surface area contributed by atoms with Crippen LogP contribution >= 0.6 is 0 Å². The van der Waals surface area contributed by atoms with E-state index in [9.17, 15) is 9.18 Å². The molecule has 1 rings (SSSR count). The van der Waals surface area contributed by atoms with Gasteiger partial charge in [0.15, 0.2) is 0 Å². The Balaban J connectivity index is 3.33. The van der Waals surface area contributed by atoms with Crippen molar-refractivity contribution in [1.82, 2.24) is 0 Å². The zero-order valence-electron chi connectivity index (χ0n) is 7.00. The Morgan fingerprint density at radius 1 is 1.46 bits per heavy atom. The summed E-state index contributed by atoms with van der Waals surface area (Å²) in [5.74, 6) is -1.57. The van der Waals surface area contributed by atoms with E-state index in [1.54, 1.807) is 0 Å². The molecule has 0 aliphatic heterocycles. The fourth-order valence-corrected chi connectivity index (χ4v) is 0.919. The van der Waals surface area contributed by atoms with Gasteiger partial charge in [-0.1, -0.05) is 0 Å². The van der Waals surface area contributed by atoms with Crippen LogP contribution in [0.25, 0.3) is 0 Å². The van der Waals surface area contributed by atoms with Crippen LogP contribution in [0.1, 0.15) is 10.4 Å². The molecule has 0 saturated carbocycles. The fraction of sp³-hybridized carbons (Fsp3) is 0.125. The van der Waals surface area contributed by atoms with Crippen molar-refractivity contribution in [2.45, 2.75) is 0 Å². The predicted molar refractivity (Wildman–Crippen MR) is 46.6 cm³/mol. The minimum Gasteiger partial charge on any atom is -0.465 e. The predicted octanol–water partition coefficient (Wildman–Crippen LogP) is 0.777. The fourth-order valence-electron chi connectivity index (χ4n) is 0.919. The number of esters is 1. The first-order chi connectivity index (χ1) is 6.07. The third-order valence-electron chi connectivity index (χ3n) is 1.62. The van der Waals surface area contributed by atoms with Crippen LogP contribution in [0.5, 0.6) is 0 Å². The second-order valence-corrected chi connectivity index (χ2v) is 2.42. The highest BCUT2D eigenvalue weighted by atomic mass is 19.1. The largest absolute Gasteiger partial charge is 0.465 e. The molecule has 0 heterocycles. The van der Waals surface area contributed by atoms with Crippen molar-refractivity contribution in [3.05, 3.63) is 23.5 Å². The monoisotopic (exact) mass is 184 g/mol. The lowest BCUT2D eigenvalue weighted by atomic mass is 10.1. The molecule has 1 aromatic carbocycles. The minimum absolute atomic E-state index is 0.0909.